The fourth-order valence-corrected chi connectivity index (χ4v) is 4.34. The lowest BCUT2D eigenvalue weighted by atomic mass is 10.1. The van der Waals surface area contributed by atoms with Crippen LogP contribution in [0.2, 0.25) is 5.02 Å². The second-order valence-corrected chi connectivity index (χ2v) is 10.6. The van der Waals surface area contributed by atoms with Crippen LogP contribution < -0.4 is 14.9 Å². The van der Waals surface area contributed by atoms with Gasteiger partial charge in [-0.25, -0.2) is 8.42 Å². The molecule has 0 aliphatic carbocycles. The van der Waals surface area contributed by atoms with Crippen molar-refractivity contribution in [2.24, 2.45) is 0 Å². The van der Waals surface area contributed by atoms with Crippen molar-refractivity contribution in [1.29, 1.82) is 0 Å². The van der Waals surface area contributed by atoms with Crippen molar-refractivity contribution >= 4 is 44.8 Å². The Bertz CT molecular complexity index is 1290. The van der Waals surface area contributed by atoms with E-state index in [4.69, 9.17) is 11.6 Å². The first-order valence-corrected chi connectivity index (χ1v) is 13.3. The molecule has 35 heavy (non-hydrogen) atoms. The minimum absolute atomic E-state index is 0.00413. The van der Waals surface area contributed by atoms with Crippen molar-refractivity contribution in [3.8, 4) is 0 Å². The summed E-state index contributed by atoms with van der Waals surface area (Å²) in [5.41, 5.74) is 2.28. The molecule has 0 bridgehead atoms. The van der Waals surface area contributed by atoms with Crippen LogP contribution in [0, 0.1) is 0 Å². The average Bonchev–Trinajstić information content (AvgIpc) is 2.83. The van der Waals surface area contributed by atoms with Crippen LogP contribution in [0.25, 0.3) is 0 Å². The third-order valence-electron chi connectivity index (χ3n) is 5.47. The van der Waals surface area contributed by atoms with Crippen molar-refractivity contribution in [1.82, 2.24) is 5.32 Å². The number of nitrogens with zero attached hydrogens (tertiary/aromatic N) is 1. The van der Waals surface area contributed by atoms with E-state index in [1.807, 2.05) is 13.8 Å². The Labute approximate surface area is 211 Å². The number of carbonyl (C=O) groups excluding carboxylic acids is 2. The summed E-state index contributed by atoms with van der Waals surface area (Å²) < 4.78 is 26.1. The average molecular weight is 514 g/mol. The molecule has 184 valence electrons. The molecule has 0 saturated carbocycles. The molecule has 1 unspecified atom stereocenters. The van der Waals surface area contributed by atoms with Crippen molar-refractivity contribution in [2.75, 3.05) is 15.9 Å². The molecule has 0 saturated heterocycles. The third-order valence-corrected chi connectivity index (χ3v) is 6.86. The zero-order valence-electron chi connectivity index (χ0n) is 19.8. The number of amides is 2. The maximum Gasteiger partial charge on any atom is 0.255 e. The van der Waals surface area contributed by atoms with Crippen LogP contribution in [0.15, 0.2) is 72.8 Å². The number of hydrogen-bond donors (Lipinski definition) is 2. The molecule has 0 radical (unpaired) electrons. The highest BCUT2D eigenvalue weighted by Crippen LogP contribution is 2.23. The van der Waals surface area contributed by atoms with Crippen molar-refractivity contribution in [3.63, 3.8) is 0 Å². The van der Waals surface area contributed by atoms with Gasteiger partial charge in [0.2, 0.25) is 10.0 Å². The van der Waals surface area contributed by atoms with Gasteiger partial charge >= 0.3 is 0 Å². The topological polar surface area (TPSA) is 95.6 Å². The molecule has 2 N–H and O–H groups in total. The Morgan fingerprint density at radius 1 is 0.943 bits per heavy atom. The number of benzene rings is 3. The molecule has 0 aliphatic heterocycles. The number of hydrogen-bond acceptors (Lipinski definition) is 4. The third kappa shape index (κ3) is 7.07. The molecule has 0 spiro atoms. The lowest BCUT2D eigenvalue weighted by Gasteiger charge is -2.23. The summed E-state index contributed by atoms with van der Waals surface area (Å²) in [7, 11) is -3.58. The van der Waals surface area contributed by atoms with Crippen LogP contribution in [0.4, 0.5) is 11.4 Å². The van der Waals surface area contributed by atoms with Gasteiger partial charge < -0.3 is 10.6 Å². The Balaban J connectivity index is 1.79. The Morgan fingerprint density at radius 2 is 1.57 bits per heavy atom. The highest BCUT2D eigenvalue weighted by atomic mass is 35.5. The lowest BCUT2D eigenvalue weighted by Crippen LogP contribution is -2.32. The van der Waals surface area contributed by atoms with Crippen LogP contribution in [-0.2, 0) is 16.6 Å². The summed E-state index contributed by atoms with van der Waals surface area (Å²) in [6.45, 7) is 4.01. The van der Waals surface area contributed by atoms with E-state index in [1.165, 1.54) is 4.31 Å². The van der Waals surface area contributed by atoms with Gasteiger partial charge in [0.15, 0.2) is 0 Å². The van der Waals surface area contributed by atoms with Crippen LogP contribution in [0.5, 0.6) is 0 Å². The van der Waals surface area contributed by atoms with E-state index in [2.05, 4.69) is 10.6 Å². The van der Waals surface area contributed by atoms with E-state index in [0.717, 1.165) is 18.2 Å². The molecule has 9 heteroatoms. The molecule has 7 nitrogen and oxygen atoms in total. The van der Waals surface area contributed by atoms with Crippen molar-refractivity contribution in [3.05, 3.63) is 94.5 Å². The van der Waals surface area contributed by atoms with Gasteiger partial charge in [-0.15, -0.1) is 0 Å². The van der Waals surface area contributed by atoms with Gasteiger partial charge in [-0.05, 0) is 67.4 Å². The maximum atomic E-state index is 12.9. The first kappa shape index (κ1) is 26.2. The van der Waals surface area contributed by atoms with Gasteiger partial charge in [-0.3, -0.25) is 13.9 Å². The smallest absolute Gasteiger partial charge is 0.255 e. The standard InChI is InChI=1S/C26H28ClN3O4S/c1-4-18(2)28-26(32)23-7-5-6-8-24(23)29-25(31)20-11-15-22(16-12-20)30(35(3,33)34)17-19-9-13-21(27)14-10-19/h5-16,18H,4,17H2,1-3H3,(H,28,32)(H,29,31). The zero-order valence-corrected chi connectivity index (χ0v) is 21.4. The highest BCUT2D eigenvalue weighted by Gasteiger charge is 2.19. The summed E-state index contributed by atoms with van der Waals surface area (Å²) in [6.07, 6.45) is 1.92. The number of anilines is 2. The molecule has 0 heterocycles. The molecule has 3 aromatic carbocycles. The summed E-state index contributed by atoms with van der Waals surface area (Å²) in [5.74, 6) is -0.680. The first-order chi connectivity index (χ1) is 16.6. The molecule has 3 rings (SSSR count). The van der Waals surface area contributed by atoms with Crippen LogP contribution >= 0.6 is 11.6 Å². The second-order valence-electron chi connectivity index (χ2n) is 8.23. The van der Waals surface area contributed by atoms with E-state index in [9.17, 15) is 18.0 Å². The van der Waals surface area contributed by atoms with Crippen LogP contribution in [0.3, 0.4) is 0 Å². The van der Waals surface area contributed by atoms with Crippen molar-refractivity contribution in [2.45, 2.75) is 32.9 Å². The minimum atomic E-state index is -3.58. The Hall–Kier alpha value is -3.36. The fraction of sp³-hybridized carbons (Fsp3) is 0.231. The van der Waals surface area contributed by atoms with Gasteiger partial charge in [-0.2, -0.15) is 0 Å². The highest BCUT2D eigenvalue weighted by molar-refractivity contribution is 7.92. The van der Waals surface area contributed by atoms with Gasteiger partial charge in [0.25, 0.3) is 11.8 Å². The molecule has 0 aromatic heterocycles. The monoisotopic (exact) mass is 513 g/mol. The number of halogens is 1. The van der Waals surface area contributed by atoms with E-state index < -0.39 is 15.9 Å². The quantitative estimate of drug-likeness (QED) is 0.416. The largest absolute Gasteiger partial charge is 0.350 e. The summed E-state index contributed by atoms with van der Waals surface area (Å²) in [5, 5.41) is 6.24. The predicted molar refractivity (Wildman–Crippen MR) is 141 cm³/mol. The van der Waals surface area contributed by atoms with E-state index in [0.29, 0.717) is 27.5 Å². The van der Waals surface area contributed by atoms with Gasteiger partial charge in [-0.1, -0.05) is 42.8 Å². The summed E-state index contributed by atoms with van der Waals surface area (Å²) in [4.78, 5) is 25.5. The Kier molecular flexibility index (Phi) is 8.53. The van der Waals surface area contributed by atoms with Gasteiger partial charge in [0.05, 0.1) is 29.7 Å². The normalized spacial score (nSPS) is 12.0. The number of carbonyl (C=O) groups is 2. The van der Waals surface area contributed by atoms with E-state index >= 15 is 0 Å². The maximum absolute atomic E-state index is 12.9. The zero-order chi connectivity index (χ0) is 25.6. The molecule has 2 amide bonds. The Morgan fingerprint density at radius 3 is 2.17 bits per heavy atom. The van der Waals surface area contributed by atoms with E-state index in [1.54, 1.807) is 72.8 Å². The summed E-state index contributed by atoms with van der Waals surface area (Å²) in [6, 6.07) is 20.0. The van der Waals surface area contributed by atoms with Crippen molar-refractivity contribution < 1.29 is 18.0 Å². The minimum Gasteiger partial charge on any atom is -0.350 e. The van der Waals surface area contributed by atoms with Gasteiger partial charge in [0.1, 0.15) is 0 Å². The predicted octanol–water partition coefficient (Wildman–Crippen LogP) is 5.09. The summed E-state index contributed by atoms with van der Waals surface area (Å²) >= 11 is 5.92. The second kappa shape index (κ2) is 11.4. The first-order valence-electron chi connectivity index (χ1n) is 11.1. The molecular weight excluding hydrogens is 486 g/mol. The molecule has 3 aromatic rings. The van der Waals surface area contributed by atoms with Gasteiger partial charge in [0, 0.05) is 16.6 Å². The molecule has 1 atom stereocenters. The lowest BCUT2D eigenvalue weighted by molar-refractivity contribution is 0.0940. The number of rotatable bonds is 9. The number of nitrogens with one attached hydrogen (secondary N) is 2. The van der Waals surface area contributed by atoms with E-state index in [-0.39, 0.29) is 18.5 Å². The SMILES string of the molecule is CCC(C)NC(=O)c1ccccc1NC(=O)c1ccc(N(Cc2ccc(Cl)cc2)S(C)(=O)=O)cc1. The fourth-order valence-electron chi connectivity index (χ4n) is 3.32. The van der Waals surface area contributed by atoms with Crippen LogP contribution in [-0.4, -0.2) is 32.5 Å². The van der Waals surface area contributed by atoms with Crippen LogP contribution in [0.1, 0.15) is 46.5 Å². The number of para-hydroxylation sites is 1. The number of sulfonamides is 1. The molecule has 0 fully saturated rings. The molecule has 0 aliphatic rings. The molecular formula is C26H28ClN3O4S.